The Bertz CT molecular complexity index is 1250. The van der Waals surface area contributed by atoms with Crippen LogP contribution in [0.3, 0.4) is 0 Å². The molecule has 2 aliphatic rings. The number of aromatic amines is 1. The molecule has 2 aliphatic heterocycles. The van der Waals surface area contributed by atoms with E-state index in [1.807, 2.05) is 0 Å². The molecule has 0 spiro atoms. The molecule has 3 aromatic carbocycles. The molecule has 3 heterocycles. The van der Waals surface area contributed by atoms with Crippen LogP contribution in [0.15, 0.2) is 75.7 Å². The van der Waals surface area contributed by atoms with Gasteiger partial charge in [0.15, 0.2) is 5.66 Å². The molecule has 3 nitrogen and oxygen atoms in total. The van der Waals surface area contributed by atoms with Crippen LogP contribution in [0.5, 0.6) is 0 Å². The summed E-state index contributed by atoms with van der Waals surface area (Å²) in [6.07, 6.45) is 1.04. The van der Waals surface area contributed by atoms with Gasteiger partial charge in [0.25, 0.3) is 0 Å². The average molecular weight is 509 g/mol. The molecule has 0 aliphatic carbocycles. The smallest absolute Gasteiger partial charge is 0.159 e. The fourth-order valence-electron chi connectivity index (χ4n) is 5.04. The van der Waals surface area contributed by atoms with Crippen molar-refractivity contribution in [3.05, 3.63) is 98.1 Å². The number of nitrogens with one attached hydrogen (secondary N) is 2. The van der Waals surface area contributed by atoms with Crippen LogP contribution in [0, 0.1) is 0 Å². The molecule has 1 atom stereocenters. The van der Waals surface area contributed by atoms with Gasteiger partial charge in [-0.2, -0.15) is 0 Å². The first-order chi connectivity index (χ1) is 14.2. The summed E-state index contributed by atoms with van der Waals surface area (Å²) in [5.41, 5.74) is 7.20. The van der Waals surface area contributed by atoms with Gasteiger partial charge in [-0.25, -0.2) is 0 Å². The number of para-hydroxylation sites is 1. The molecule has 0 saturated heterocycles. The van der Waals surface area contributed by atoms with Crippen molar-refractivity contribution in [2.75, 3.05) is 11.9 Å². The molecule has 144 valence electrons. The highest BCUT2D eigenvalue weighted by atomic mass is 79.9. The van der Waals surface area contributed by atoms with Gasteiger partial charge in [-0.15, -0.1) is 0 Å². The van der Waals surface area contributed by atoms with Crippen LogP contribution in [0.1, 0.15) is 22.4 Å². The van der Waals surface area contributed by atoms with Gasteiger partial charge in [-0.1, -0.05) is 64.5 Å². The molecule has 5 heteroatoms. The average Bonchev–Trinajstić information content (AvgIpc) is 3.13. The van der Waals surface area contributed by atoms with E-state index >= 15 is 0 Å². The van der Waals surface area contributed by atoms with Crippen molar-refractivity contribution < 1.29 is 0 Å². The van der Waals surface area contributed by atoms with Gasteiger partial charge < -0.3 is 10.3 Å². The summed E-state index contributed by atoms with van der Waals surface area (Å²) < 4.78 is 2.18. The molecule has 29 heavy (non-hydrogen) atoms. The Morgan fingerprint density at radius 2 is 1.72 bits per heavy atom. The van der Waals surface area contributed by atoms with Crippen molar-refractivity contribution >= 4 is 48.5 Å². The zero-order valence-corrected chi connectivity index (χ0v) is 18.8. The lowest BCUT2D eigenvalue weighted by Gasteiger charge is -2.51. The normalized spacial score (nSPS) is 20.6. The summed E-state index contributed by atoms with van der Waals surface area (Å²) in [5, 5.41) is 5.30. The zero-order valence-electron chi connectivity index (χ0n) is 15.7. The fraction of sp³-hybridized carbons (Fsp3) is 0.167. The van der Waals surface area contributed by atoms with E-state index in [0.717, 1.165) is 28.5 Å². The van der Waals surface area contributed by atoms with Gasteiger partial charge in [0.05, 0.1) is 11.4 Å². The lowest BCUT2D eigenvalue weighted by molar-refractivity contribution is 0.114. The van der Waals surface area contributed by atoms with Crippen LogP contribution in [-0.4, -0.2) is 16.4 Å². The Hall–Kier alpha value is -2.08. The van der Waals surface area contributed by atoms with Crippen LogP contribution < -0.4 is 5.32 Å². The van der Waals surface area contributed by atoms with E-state index in [0.29, 0.717) is 0 Å². The van der Waals surface area contributed by atoms with Gasteiger partial charge in [0, 0.05) is 32.9 Å². The fourth-order valence-corrected chi connectivity index (χ4v) is 6.45. The molecule has 1 unspecified atom stereocenters. The molecule has 4 aromatic rings. The van der Waals surface area contributed by atoms with E-state index < -0.39 is 5.66 Å². The second kappa shape index (κ2) is 6.46. The Balaban J connectivity index is 1.67. The Kier molecular flexibility index (Phi) is 3.95. The summed E-state index contributed by atoms with van der Waals surface area (Å²) in [4.78, 5) is 6.36. The summed E-state index contributed by atoms with van der Waals surface area (Å²) in [7, 11) is 0. The molecule has 2 N–H and O–H groups in total. The Morgan fingerprint density at radius 1 is 0.931 bits per heavy atom. The molecule has 0 radical (unpaired) electrons. The number of hydrogen-bond acceptors (Lipinski definition) is 2. The van der Waals surface area contributed by atoms with Gasteiger partial charge in [-0.05, 0) is 57.2 Å². The van der Waals surface area contributed by atoms with Crippen LogP contribution in [0.2, 0.25) is 0 Å². The highest BCUT2D eigenvalue weighted by Crippen LogP contribution is 2.49. The van der Waals surface area contributed by atoms with E-state index in [1.165, 1.54) is 39.0 Å². The maximum Gasteiger partial charge on any atom is 0.159 e. The molecular formula is C24H19Br2N3. The third kappa shape index (κ3) is 2.51. The number of H-pyrrole nitrogens is 1. The van der Waals surface area contributed by atoms with Gasteiger partial charge >= 0.3 is 0 Å². The molecule has 1 aromatic heterocycles. The number of nitrogens with zero attached hydrogens (tertiary/aromatic N) is 1. The second-order valence-corrected chi connectivity index (χ2v) is 9.59. The monoisotopic (exact) mass is 507 g/mol. The Labute approximate surface area is 186 Å². The molecule has 6 rings (SSSR count). The minimum Gasteiger partial charge on any atom is -0.357 e. The van der Waals surface area contributed by atoms with Crippen LogP contribution >= 0.6 is 31.9 Å². The summed E-state index contributed by atoms with van der Waals surface area (Å²) in [5.74, 6) is 0. The minimum absolute atomic E-state index is 0.419. The lowest BCUT2D eigenvalue weighted by Crippen LogP contribution is -2.58. The van der Waals surface area contributed by atoms with Gasteiger partial charge in [-0.3, -0.25) is 4.90 Å². The zero-order chi connectivity index (χ0) is 19.6. The molecule has 0 saturated carbocycles. The van der Waals surface area contributed by atoms with E-state index in [2.05, 4.69) is 114 Å². The lowest BCUT2D eigenvalue weighted by atomic mass is 9.83. The van der Waals surface area contributed by atoms with E-state index in [4.69, 9.17) is 0 Å². The number of benzene rings is 3. The quantitative estimate of drug-likeness (QED) is 0.312. The number of hydrogen-bond donors (Lipinski definition) is 2. The summed E-state index contributed by atoms with van der Waals surface area (Å²) in [6, 6.07) is 23.8. The predicted molar refractivity (Wildman–Crippen MR) is 125 cm³/mol. The summed E-state index contributed by atoms with van der Waals surface area (Å²) >= 11 is 7.45. The third-order valence-electron chi connectivity index (χ3n) is 6.28. The van der Waals surface area contributed by atoms with Crippen molar-refractivity contribution in [1.29, 1.82) is 0 Å². The number of anilines is 1. The van der Waals surface area contributed by atoms with E-state index in [1.54, 1.807) is 0 Å². The standard InChI is InChI=1S/C24H19Br2N3/c25-17-12-15-14-29-11-10-19-18-8-4-5-9-21(18)27-23(19)24(29,16-6-2-1-3-7-16)28-22(15)20(26)13-17/h1-9,12-13,27-28H,10-11,14H2. The molecular weight excluding hydrogens is 490 g/mol. The van der Waals surface area contributed by atoms with Crippen molar-refractivity contribution in [1.82, 2.24) is 9.88 Å². The first kappa shape index (κ1) is 17.8. The second-order valence-electron chi connectivity index (χ2n) is 7.82. The van der Waals surface area contributed by atoms with E-state index in [-0.39, 0.29) is 0 Å². The maximum absolute atomic E-state index is 3.97. The third-order valence-corrected chi connectivity index (χ3v) is 7.36. The minimum atomic E-state index is -0.419. The topological polar surface area (TPSA) is 31.1 Å². The first-order valence-electron chi connectivity index (χ1n) is 9.83. The number of rotatable bonds is 1. The van der Waals surface area contributed by atoms with Crippen LogP contribution in [0.4, 0.5) is 5.69 Å². The van der Waals surface area contributed by atoms with Crippen molar-refractivity contribution in [3.63, 3.8) is 0 Å². The number of aromatic nitrogens is 1. The molecule has 0 bridgehead atoms. The predicted octanol–water partition coefficient (Wildman–Crippen LogP) is 6.38. The first-order valence-corrected chi connectivity index (χ1v) is 11.4. The van der Waals surface area contributed by atoms with Gasteiger partial charge in [0.2, 0.25) is 0 Å². The summed E-state index contributed by atoms with van der Waals surface area (Å²) in [6.45, 7) is 1.89. The Morgan fingerprint density at radius 3 is 2.59 bits per heavy atom. The number of fused-ring (bicyclic) bond motifs is 6. The van der Waals surface area contributed by atoms with E-state index in [9.17, 15) is 0 Å². The van der Waals surface area contributed by atoms with Crippen molar-refractivity contribution in [3.8, 4) is 0 Å². The van der Waals surface area contributed by atoms with Crippen molar-refractivity contribution in [2.24, 2.45) is 0 Å². The van der Waals surface area contributed by atoms with Crippen molar-refractivity contribution in [2.45, 2.75) is 18.6 Å². The van der Waals surface area contributed by atoms with Crippen LogP contribution in [0.25, 0.3) is 10.9 Å². The SMILES string of the molecule is Brc1cc(Br)c2c(c1)CN1CCc3c([nH]c4ccccc34)C1(c1ccccc1)N2. The molecule has 0 fully saturated rings. The molecule has 0 amide bonds. The largest absolute Gasteiger partial charge is 0.357 e. The van der Waals surface area contributed by atoms with Crippen LogP contribution in [-0.2, 0) is 18.6 Å². The number of halogens is 2. The highest BCUT2D eigenvalue weighted by Gasteiger charge is 2.49. The highest BCUT2D eigenvalue weighted by molar-refractivity contribution is 9.11. The maximum atomic E-state index is 3.97. The van der Waals surface area contributed by atoms with Gasteiger partial charge in [0.1, 0.15) is 0 Å².